The van der Waals surface area contributed by atoms with Gasteiger partial charge in [0.05, 0.1) is 17.6 Å². The van der Waals surface area contributed by atoms with Crippen LogP contribution in [0, 0.1) is 10.1 Å². The number of nitrogens with two attached hydrogens (primary N) is 1. The van der Waals surface area contributed by atoms with Crippen LogP contribution in [0.1, 0.15) is 17.2 Å². The van der Waals surface area contributed by atoms with Gasteiger partial charge in [-0.05, 0) is 17.2 Å². The van der Waals surface area contributed by atoms with Crippen LogP contribution in [0.15, 0.2) is 48.5 Å². The third kappa shape index (κ3) is 3.77. The van der Waals surface area contributed by atoms with Gasteiger partial charge in [-0.1, -0.05) is 36.4 Å². The molecule has 2 rings (SSSR count). The first-order valence-corrected chi connectivity index (χ1v) is 6.43. The first-order chi connectivity index (χ1) is 10.1. The van der Waals surface area contributed by atoms with Gasteiger partial charge in [-0.2, -0.15) is 0 Å². The molecular weight excluding hydrogens is 272 g/mol. The summed E-state index contributed by atoms with van der Waals surface area (Å²) in [6.07, 6.45) is 0. The molecule has 0 aliphatic carbocycles. The van der Waals surface area contributed by atoms with Crippen LogP contribution in [0.5, 0.6) is 5.75 Å². The third-order valence-electron chi connectivity index (χ3n) is 3.04. The van der Waals surface area contributed by atoms with E-state index in [1.54, 1.807) is 6.07 Å². The Kier molecular flexibility index (Phi) is 4.86. The van der Waals surface area contributed by atoms with E-state index in [1.807, 2.05) is 30.3 Å². The van der Waals surface area contributed by atoms with Gasteiger partial charge in [0.2, 0.25) is 0 Å². The number of nitro groups is 1. The molecule has 0 spiro atoms. The van der Waals surface area contributed by atoms with Crippen LogP contribution in [0.3, 0.4) is 0 Å². The van der Waals surface area contributed by atoms with Crippen LogP contribution < -0.4 is 10.5 Å². The van der Waals surface area contributed by atoms with E-state index in [1.165, 1.54) is 12.1 Å². The van der Waals surface area contributed by atoms with Crippen molar-refractivity contribution in [2.24, 2.45) is 5.73 Å². The van der Waals surface area contributed by atoms with Crippen molar-refractivity contribution >= 4 is 5.69 Å². The lowest BCUT2D eigenvalue weighted by atomic mass is 10.1. The predicted molar refractivity (Wildman–Crippen MR) is 77.9 cm³/mol. The number of hydrogen-bond donors (Lipinski definition) is 2. The molecule has 0 radical (unpaired) electrons. The maximum atomic E-state index is 11.1. The second-order valence-electron chi connectivity index (χ2n) is 4.55. The average molecular weight is 288 g/mol. The fraction of sp³-hybridized carbons (Fsp3) is 0.200. The Hall–Kier alpha value is -2.44. The van der Waals surface area contributed by atoms with E-state index in [0.717, 1.165) is 5.56 Å². The maximum absolute atomic E-state index is 11.1. The molecule has 2 aromatic rings. The second-order valence-corrected chi connectivity index (χ2v) is 4.55. The van der Waals surface area contributed by atoms with Crippen molar-refractivity contribution in [1.29, 1.82) is 0 Å². The van der Waals surface area contributed by atoms with Crippen molar-refractivity contribution in [3.8, 4) is 5.75 Å². The van der Waals surface area contributed by atoms with Gasteiger partial charge in [0.15, 0.2) is 5.75 Å². The fourth-order valence-electron chi connectivity index (χ4n) is 1.87. The Labute approximate surface area is 121 Å². The summed E-state index contributed by atoms with van der Waals surface area (Å²) in [6.45, 7) is -0.0333. The van der Waals surface area contributed by atoms with Crippen molar-refractivity contribution < 1.29 is 14.8 Å². The highest BCUT2D eigenvalue weighted by Gasteiger charge is 2.18. The number of aliphatic hydroxyl groups excluding tert-OH is 1. The van der Waals surface area contributed by atoms with Gasteiger partial charge in [0.25, 0.3) is 0 Å². The summed E-state index contributed by atoms with van der Waals surface area (Å²) in [5.74, 6) is 0.178. The average Bonchev–Trinajstić information content (AvgIpc) is 2.52. The van der Waals surface area contributed by atoms with Crippen LogP contribution >= 0.6 is 0 Å². The normalized spacial score (nSPS) is 11.9. The van der Waals surface area contributed by atoms with Crippen LogP contribution in [-0.4, -0.2) is 16.6 Å². The first kappa shape index (κ1) is 15.0. The van der Waals surface area contributed by atoms with Crippen molar-refractivity contribution in [3.63, 3.8) is 0 Å². The third-order valence-corrected chi connectivity index (χ3v) is 3.04. The fourth-order valence-corrected chi connectivity index (χ4v) is 1.87. The summed E-state index contributed by atoms with van der Waals surface area (Å²) in [7, 11) is 0. The smallest absolute Gasteiger partial charge is 0.311 e. The van der Waals surface area contributed by atoms with E-state index in [4.69, 9.17) is 15.6 Å². The molecule has 0 bridgehead atoms. The Morgan fingerprint density at radius 1 is 1.24 bits per heavy atom. The van der Waals surface area contributed by atoms with Crippen LogP contribution in [0.25, 0.3) is 0 Å². The molecule has 0 aliphatic heterocycles. The van der Waals surface area contributed by atoms with E-state index in [9.17, 15) is 10.1 Å². The molecule has 110 valence electrons. The summed E-state index contributed by atoms with van der Waals surface area (Å²) < 4.78 is 5.51. The van der Waals surface area contributed by atoms with Crippen molar-refractivity contribution in [2.75, 3.05) is 6.61 Å². The lowest BCUT2D eigenvalue weighted by Gasteiger charge is -2.11. The number of nitro benzene ring substituents is 1. The monoisotopic (exact) mass is 288 g/mol. The summed E-state index contributed by atoms with van der Waals surface area (Å²) in [5.41, 5.74) is 6.92. The molecule has 0 fully saturated rings. The molecule has 6 nitrogen and oxygen atoms in total. The van der Waals surface area contributed by atoms with Gasteiger partial charge in [-0.3, -0.25) is 10.1 Å². The Morgan fingerprint density at radius 2 is 1.95 bits per heavy atom. The van der Waals surface area contributed by atoms with Gasteiger partial charge in [-0.15, -0.1) is 0 Å². The molecule has 0 amide bonds. The van der Waals surface area contributed by atoms with Crippen molar-refractivity contribution in [2.45, 2.75) is 12.6 Å². The highest BCUT2D eigenvalue weighted by atomic mass is 16.6. The topological polar surface area (TPSA) is 98.6 Å². The number of hydrogen-bond acceptors (Lipinski definition) is 5. The van der Waals surface area contributed by atoms with E-state index in [-0.39, 0.29) is 24.7 Å². The molecule has 0 aromatic heterocycles. The molecule has 0 aliphatic rings. The zero-order valence-electron chi connectivity index (χ0n) is 11.3. The van der Waals surface area contributed by atoms with Crippen LogP contribution in [0.4, 0.5) is 5.69 Å². The lowest BCUT2D eigenvalue weighted by Crippen LogP contribution is -2.14. The van der Waals surface area contributed by atoms with E-state index in [0.29, 0.717) is 5.56 Å². The zero-order valence-corrected chi connectivity index (χ0v) is 11.3. The quantitative estimate of drug-likeness (QED) is 0.627. The van der Waals surface area contributed by atoms with Gasteiger partial charge in [0, 0.05) is 6.07 Å². The molecule has 0 unspecified atom stereocenters. The largest absolute Gasteiger partial charge is 0.482 e. The molecule has 0 saturated heterocycles. The Bertz CT molecular complexity index is 616. The van der Waals surface area contributed by atoms with E-state index >= 15 is 0 Å². The predicted octanol–water partition coefficient (Wildman–Crippen LogP) is 2.17. The summed E-state index contributed by atoms with van der Waals surface area (Å²) in [6, 6.07) is 13.2. The zero-order chi connectivity index (χ0) is 15.2. The minimum atomic E-state index is -0.646. The Morgan fingerprint density at radius 3 is 2.57 bits per heavy atom. The molecule has 2 aromatic carbocycles. The minimum absolute atomic E-state index is 0.160. The first-order valence-electron chi connectivity index (χ1n) is 6.43. The number of benzene rings is 2. The molecule has 0 saturated carbocycles. The molecule has 6 heteroatoms. The van der Waals surface area contributed by atoms with Gasteiger partial charge in [-0.25, -0.2) is 0 Å². The number of nitrogens with zero attached hydrogens (tertiary/aromatic N) is 1. The van der Waals surface area contributed by atoms with E-state index in [2.05, 4.69) is 0 Å². The highest BCUT2D eigenvalue weighted by molar-refractivity contribution is 5.49. The van der Waals surface area contributed by atoms with E-state index < -0.39 is 11.0 Å². The Balaban J connectivity index is 2.20. The van der Waals surface area contributed by atoms with Gasteiger partial charge < -0.3 is 15.6 Å². The summed E-state index contributed by atoms with van der Waals surface area (Å²) in [4.78, 5) is 10.6. The van der Waals surface area contributed by atoms with Crippen LogP contribution in [0.2, 0.25) is 0 Å². The maximum Gasteiger partial charge on any atom is 0.311 e. The number of ether oxygens (including phenoxy) is 1. The number of rotatable bonds is 6. The molecule has 1 atom stereocenters. The number of aliphatic hydroxyl groups is 1. The summed E-state index contributed by atoms with van der Waals surface area (Å²) >= 11 is 0. The second kappa shape index (κ2) is 6.83. The van der Waals surface area contributed by atoms with Gasteiger partial charge >= 0.3 is 5.69 Å². The van der Waals surface area contributed by atoms with Gasteiger partial charge in [0.1, 0.15) is 6.61 Å². The molecule has 21 heavy (non-hydrogen) atoms. The minimum Gasteiger partial charge on any atom is -0.482 e. The highest BCUT2D eigenvalue weighted by Crippen LogP contribution is 2.30. The van der Waals surface area contributed by atoms with Crippen LogP contribution in [-0.2, 0) is 6.61 Å². The standard InChI is InChI=1S/C15H16N2O4/c16-13(9-18)12-6-7-15(14(8-12)17(19)20)21-10-11-4-2-1-3-5-11/h1-8,13,18H,9-10,16H2/t13-/m1/s1. The molecule has 0 heterocycles. The van der Waals surface area contributed by atoms with Crippen molar-refractivity contribution in [1.82, 2.24) is 0 Å². The lowest BCUT2D eigenvalue weighted by molar-refractivity contribution is -0.386. The molecular formula is C15H16N2O4. The summed E-state index contributed by atoms with van der Waals surface area (Å²) in [5, 5.41) is 20.1. The molecule has 3 N–H and O–H groups in total. The van der Waals surface area contributed by atoms with Crippen molar-refractivity contribution in [3.05, 3.63) is 69.8 Å². The SMILES string of the molecule is N[C@H](CO)c1ccc(OCc2ccccc2)c([N+](=O)[O-])c1.